The van der Waals surface area contributed by atoms with E-state index in [1.54, 1.807) is 0 Å². The van der Waals surface area contributed by atoms with Gasteiger partial charge in [0.2, 0.25) is 0 Å². The number of rotatable bonds is 2. The summed E-state index contributed by atoms with van der Waals surface area (Å²) in [6.07, 6.45) is 1.94. The standard InChI is InChI=1S/C7H11.C6H16NSi.2ClH.Ti/c1-6(2)5-7(3)4;1-6(2,3)7-8(4)5;;;/h5H,1,3H2,2,4H3;7H,1-5H3;2*1H;/q-1;;;;+2/p-2. The molecule has 0 unspecified atom stereocenters. The molecule has 0 heterocycles. The van der Waals surface area contributed by atoms with E-state index in [-0.39, 0.29) is 8.96 Å². The Morgan fingerprint density at radius 1 is 1.28 bits per heavy atom. The SMILES string of the molecule is C=C(C)C=C([CH2-])C.C[Si](C)NC(C)(C)C.[Cl][Ti][Cl]. The van der Waals surface area contributed by atoms with Gasteiger partial charge in [0.1, 0.15) is 8.96 Å². The topological polar surface area (TPSA) is 12.0 Å². The minimum absolute atomic E-state index is 0.242. The molecule has 0 spiro atoms. The molecule has 0 saturated heterocycles. The van der Waals surface area contributed by atoms with Crippen LogP contribution < -0.4 is 4.98 Å². The Morgan fingerprint density at radius 3 is 1.61 bits per heavy atom. The number of hydrogen-bond donors (Lipinski definition) is 1. The van der Waals surface area contributed by atoms with Crippen LogP contribution in [0, 0.1) is 6.92 Å². The third-order valence-corrected chi connectivity index (χ3v) is 2.37. The van der Waals surface area contributed by atoms with Crippen LogP contribution in [0.5, 0.6) is 0 Å². The van der Waals surface area contributed by atoms with Crippen molar-refractivity contribution in [2.24, 2.45) is 0 Å². The fourth-order valence-corrected chi connectivity index (χ4v) is 2.67. The van der Waals surface area contributed by atoms with E-state index in [0.717, 1.165) is 11.1 Å². The van der Waals surface area contributed by atoms with Crippen molar-refractivity contribution < 1.29 is 17.0 Å². The summed E-state index contributed by atoms with van der Waals surface area (Å²) in [5.41, 5.74) is 2.44. The summed E-state index contributed by atoms with van der Waals surface area (Å²) in [6, 6.07) is 0. The summed E-state index contributed by atoms with van der Waals surface area (Å²) in [7, 11) is 9.54. The van der Waals surface area contributed by atoms with Gasteiger partial charge in [-0.3, -0.25) is 0 Å². The zero-order valence-electron chi connectivity index (χ0n) is 12.7. The maximum absolute atomic E-state index is 4.89. The van der Waals surface area contributed by atoms with Gasteiger partial charge in [0.25, 0.3) is 0 Å². The van der Waals surface area contributed by atoms with Gasteiger partial charge in [-0.2, -0.15) is 0 Å². The van der Waals surface area contributed by atoms with Gasteiger partial charge in [-0.05, 0) is 20.8 Å². The molecule has 0 aromatic carbocycles. The van der Waals surface area contributed by atoms with Gasteiger partial charge in [0.05, 0.1) is 0 Å². The average Bonchev–Trinajstić information content (AvgIpc) is 1.96. The zero-order chi connectivity index (χ0) is 15.4. The Morgan fingerprint density at radius 2 is 1.61 bits per heavy atom. The first-order valence-electron chi connectivity index (χ1n) is 5.66. The van der Waals surface area contributed by atoms with E-state index in [1.165, 1.54) is 0 Å². The zero-order valence-corrected chi connectivity index (χ0v) is 16.8. The fraction of sp³-hybridized carbons (Fsp3) is 0.615. The Bertz CT molecular complexity index is 232. The second kappa shape index (κ2) is 14.2. The Balaban J connectivity index is -0.000000207. The van der Waals surface area contributed by atoms with Crippen LogP contribution in [0.2, 0.25) is 13.1 Å². The molecule has 5 heteroatoms. The molecule has 0 bridgehead atoms. The Labute approximate surface area is 133 Å². The van der Waals surface area contributed by atoms with Crippen molar-refractivity contribution in [1.29, 1.82) is 0 Å². The van der Waals surface area contributed by atoms with Gasteiger partial charge in [0, 0.05) is 5.54 Å². The van der Waals surface area contributed by atoms with Crippen molar-refractivity contribution in [3.63, 3.8) is 0 Å². The summed E-state index contributed by atoms with van der Waals surface area (Å²) in [5, 5.41) is 0. The molecule has 0 aromatic heterocycles. The molecular weight excluding hydrogens is 317 g/mol. The molecule has 1 N–H and O–H groups in total. The molecule has 0 amide bonds. The monoisotopic (exact) mass is 343 g/mol. The fourth-order valence-electron chi connectivity index (χ4n) is 1.17. The summed E-state index contributed by atoms with van der Waals surface area (Å²) in [6.45, 7) is 22.4. The first-order chi connectivity index (χ1) is 7.96. The first kappa shape index (κ1) is 23.9. The van der Waals surface area contributed by atoms with Gasteiger partial charge in [0.15, 0.2) is 0 Å². The summed E-state index contributed by atoms with van der Waals surface area (Å²) in [4.78, 5) is 3.48. The second-order valence-electron chi connectivity index (χ2n) is 5.28. The maximum atomic E-state index is 4.89. The predicted molar refractivity (Wildman–Crippen MR) is 86.0 cm³/mol. The van der Waals surface area contributed by atoms with Gasteiger partial charge in [-0.15, -0.1) is 12.2 Å². The van der Waals surface area contributed by atoms with Gasteiger partial charge in [-0.25, -0.2) is 18.6 Å². The molecule has 0 fully saturated rings. The molecular formula is C13H27Cl2NSiTi-. The predicted octanol–water partition coefficient (Wildman–Crippen LogP) is 5.34. The van der Waals surface area contributed by atoms with Gasteiger partial charge >= 0.3 is 35.6 Å². The van der Waals surface area contributed by atoms with E-state index < -0.39 is 17.0 Å². The molecule has 0 atom stereocenters. The molecule has 107 valence electrons. The van der Waals surface area contributed by atoms with E-state index >= 15 is 0 Å². The molecule has 0 aromatic rings. The van der Waals surface area contributed by atoms with E-state index in [4.69, 9.17) is 18.6 Å². The van der Waals surface area contributed by atoms with E-state index in [9.17, 15) is 0 Å². The van der Waals surface area contributed by atoms with Crippen molar-refractivity contribution in [2.75, 3.05) is 0 Å². The molecule has 18 heavy (non-hydrogen) atoms. The Kier molecular flexibility index (Phi) is 18.9. The molecule has 1 radical (unpaired) electrons. The molecule has 0 aliphatic rings. The quantitative estimate of drug-likeness (QED) is 0.405. The molecule has 0 saturated carbocycles. The van der Waals surface area contributed by atoms with Crippen LogP contribution in [0.1, 0.15) is 34.6 Å². The van der Waals surface area contributed by atoms with Crippen LogP contribution in [0.25, 0.3) is 0 Å². The molecule has 0 rings (SSSR count). The number of nitrogens with one attached hydrogen (secondary N) is 1. The van der Waals surface area contributed by atoms with Crippen LogP contribution >= 0.6 is 18.6 Å². The minimum atomic E-state index is -0.556. The number of halogens is 2. The van der Waals surface area contributed by atoms with Crippen molar-refractivity contribution in [3.8, 4) is 0 Å². The number of allylic oxidation sites excluding steroid dienone is 3. The number of hydrogen-bond acceptors (Lipinski definition) is 1. The summed E-state index contributed by atoms with van der Waals surface area (Å²) >= 11 is -0.556. The van der Waals surface area contributed by atoms with Gasteiger partial charge in [-0.1, -0.05) is 26.9 Å². The average molecular weight is 344 g/mol. The Hall–Kier alpha value is 0.821. The van der Waals surface area contributed by atoms with Crippen molar-refractivity contribution in [1.82, 2.24) is 4.98 Å². The van der Waals surface area contributed by atoms with E-state index in [0.29, 0.717) is 5.54 Å². The molecule has 0 aliphatic carbocycles. The van der Waals surface area contributed by atoms with Crippen LogP contribution in [0.15, 0.2) is 23.8 Å². The van der Waals surface area contributed by atoms with E-state index in [1.807, 2.05) is 19.9 Å². The third-order valence-electron chi connectivity index (χ3n) is 1.12. The first-order valence-corrected chi connectivity index (χ1v) is 12.5. The van der Waals surface area contributed by atoms with Crippen molar-refractivity contribution in [3.05, 3.63) is 30.7 Å². The van der Waals surface area contributed by atoms with Crippen LogP contribution in [0.3, 0.4) is 0 Å². The van der Waals surface area contributed by atoms with Gasteiger partial charge < -0.3 is 4.98 Å². The normalized spacial score (nSPS) is 10.9. The van der Waals surface area contributed by atoms with Crippen molar-refractivity contribution >= 4 is 27.6 Å². The molecule has 0 aliphatic heterocycles. The summed E-state index contributed by atoms with van der Waals surface area (Å²) < 4.78 is 0. The third kappa shape index (κ3) is 43.7. The second-order valence-corrected chi connectivity index (χ2v) is 10.1. The van der Waals surface area contributed by atoms with Crippen LogP contribution in [0.4, 0.5) is 0 Å². The van der Waals surface area contributed by atoms with Crippen LogP contribution in [-0.2, 0) is 17.0 Å². The molecule has 1 nitrogen and oxygen atoms in total. The summed E-state index contributed by atoms with van der Waals surface area (Å²) in [5.74, 6) is 0. The van der Waals surface area contributed by atoms with Crippen molar-refractivity contribution in [2.45, 2.75) is 53.3 Å². The van der Waals surface area contributed by atoms with E-state index in [2.05, 4.69) is 52.4 Å². The van der Waals surface area contributed by atoms with Crippen LogP contribution in [-0.4, -0.2) is 14.5 Å².